The van der Waals surface area contributed by atoms with Crippen LogP contribution in [0.25, 0.3) is 0 Å². The molecule has 1 heterocycles. The molecule has 0 aliphatic carbocycles. The number of nitrogens with one attached hydrogen (secondary N) is 2. The van der Waals surface area contributed by atoms with Gasteiger partial charge in [-0.1, -0.05) is 6.07 Å². The van der Waals surface area contributed by atoms with E-state index in [0.29, 0.717) is 19.7 Å². The Balaban J connectivity index is 1.53. The second-order valence-corrected chi connectivity index (χ2v) is 6.59. The highest BCUT2D eigenvalue weighted by atomic mass is 16.5. The average molecular weight is 382 g/mol. The van der Waals surface area contributed by atoms with Crippen LogP contribution >= 0.6 is 0 Å². The van der Waals surface area contributed by atoms with Crippen LogP contribution in [-0.4, -0.2) is 49.6 Å². The summed E-state index contributed by atoms with van der Waals surface area (Å²) in [7, 11) is 0. The lowest BCUT2D eigenvalue weighted by molar-refractivity contribution is -0.114. The zero-order valence-corrected chi connectivity index (χ0v) is 16.3. The van der Waals surface area contributed by atoms with E-state index < -0.39 is 0 Å². The fraction of sp³-hybridized carbons (Fsp3) is 0.333. The molecule has 28 heavy (non-hydrogen) atoms. The quantitative estimate of drug-likeness (QED) is 0.831. The zero-order valence-electron chi connectivity index (χ0n) is 16.3. The lowest BCUT2D eigenvalue weighted by Gasteiger charge is -2.36. The Kier molecular flexibility index (Phi) is 6.37. The summed E-state index contributed by atoms with van der Waals surface area (Å²) in [5, 5.41) is 5.73. The third-order valence-corrected chi connectivity index (χ3v) is 4.52. The minimum atomic E-state index is -0.101. The smallest absolute Gasteiger partial charge is 0.321 e. The monoisotopic (exact) mass is 382 g/mol. The molecule has 0 bridgehead atoms. The van der Waals surface area contributed by atoms with Gasteiger partial charge in [0.1, 0.15) is 5.75 Å². The highest BCUT2D eigenvalue weighted by Crippen LogP contribution is 2.21. The molecule has 0 spiro atoms. The second-order valence-electron chi connectivity index (χ2n) is 6.59. The summed E-state index contributed by atoms with van der Waals surface area (Å²) in [6.45, 7) is 6.78. The van der Waals surface area contributed by atoms with Gasteiger partial charge in [-0.15, -0.1) is 0 Å². The summed E-state index contributed by atoms with van der Waals surface area (Å²) in [4.78, 5) is 27.8. The van der Waals surface area contributed by atoms with E-state index in [1.807, 2.05) is 60.4 Å². The number of anilines is 3. The molecule has 1 aliphatic heterocycles. The van der Waals surface area contributed by atoms with E-state index in [-0.39, 0.29) is 11.9 Å². The van der Waals surface area contributed by atoms with Crippen molar-refractivity contribution in [2.24, 2.45) is 0 Å². The van der Waals surface area contributed by atoms with Crippen LogP contribution in [-0.2, 0) is 4.79 Å². The predicted molar refractivity (Wildman–Crippen MR) is 111 cm³/mol. The molecule has 7 heteroatoms. The van der Waals surface area contributed by atoms with Crippen LogP contribution in [0.5, 0.6) is 5.75 Å². The number of carbonyl (C=O) groups excluding carboxylic acids is 2. The van der Waals surface area contributed by atoms with Crippen LogP contribution in [0.3, 0.4) is 0 Å². The molecule has 0 unspecified atom stereocenters. The minimum absolute atomic E-state index is 0.0899. The standard InChI is InChI=1S/C21H26N4O3/c1-3-28-20-9-7-17(8-10-20)23-21(27)25-13-11-24(12-14-25)19-6-4-5-18(15-19)22-16(2)26/h4-10,15H,3,11-14H2,1-2H3,(H,22,26)(H,23,27). The SMILES string of the molecule is CCOc1ccc(NC(=O)N2CCN(c3cccc(NC(C)=O)c3)CC2)cc1. The highest BCUT2D eigenvalue weighted by molar-refractivity contribution is 5.90. The Morgan fingerprint density at radius 1 is 0.964 bits per heavy atom. The summed E-state index contributed by atoms with van der Waals surface area (Å²) in [5.41, 5.74) is 2.57. The van der Waals surface area contributed by atoms with Gasteiger partial charge in [0.2, 0.25) is 5.91 Å². The van der Waals surface area contributed by atoms with E-state index in [2.05, 4.69) is 15.5 Å². The van der Waals surface area contributed by atoms with E-state index in [9.17, 15) is 9.59 Å². The van der Waals surface area contributed by atoms with E-state index in [1.165, 1.54) is 6.92 Å². The third-order valence-electron chi connectivity index (χ3n) is 4.52. The molecular weight excluding hydrogens is 356 g/mol. The van der Waals surface area contributed by atoms with Crippen molar-refractivity contribution in [3.8, 4) is 5.75 Å². The summed E-state index contributed by atoms with van der Waals surface area (Å²) < 4.78 is 5.41. The van der Waals surface area contributed by atoms with Gasteiger partial charge in [0.05, 0.1) is 6.61 Å². The van der Waals surface area contributed by atoms with Gasteiger partial charge in [0.15, 0.2) is 0 Å². The Bertz CT molecular complexity index is 815. The number of hydrogen-bond acceptors (Lipinski definition) is 4. The topological polar surface area (TPSA) is 73.9 Å². The molecule has 2 N–H and O–H groups in total. The molecule has 0 aromatic heterocycles. The predicted octanol–water partition coefficient (Wildman–Crippen LogP) is 3.40. The van der Waals surface area contributed by atoms with Gasteiger partial charge >= 0.3 is 6.03 Å². The Hall–Kier alpha value is -3.22. The van der Waals surface area contributed by atoms with Crippen molar-refractivity contribution in [1.29, 1.82) is 0 Å². The fourth-order valence-corrected chi connectivity index (χ4v) is 3.16. The first kappa shape index (κ1) is 19.5. The summed E-state index contributed by atoms with van der Waals surface area (Å²) in [6.07, 6.45) is 0. The Morgan fingerprint density at radius 2 is 1.68 bits per heavy atom. The van der Waals surface area contributed by atoms with Gasteiger partial charge < -0.3 is 25.2 Å². The first-order valence-corrected chi connectivity index (χ1v) is 9.46. The minimum Gasteiger partial charge on any atom is -0.494 e. The maximum absolute atomic E-state index is 12.5. The third kappa shape index (κ3) is 5.16. The molecular formula is C21H26N4O3. The number of nitrogens with zero attached hydrogens (tertiary/aromatic N) is 2. The normalized spacial score (nSPS) is 13.8. The first-order chi connectivity index (χ1) is 13.5. The maximum atomic E-state index is 12.5. The summed E-state index contributed by atoms with van der Waals surface area (Å²) in [5.74, 6) is 0.698. The maximum Gasteiger partial charge on any atom is 0.321 e. The molecule has 3 rings (SSSR count). The molecule has 1 saturated heterocycles. The number of hydrogen-bond donors (Lipinski definition) is 2. The number of piperazine rings is 1. The van der Waals surface area contributed by atoms with Crippen LogP contribution in [0, 0.1) is 0 Å². The highest BCUT2D eigenvalue weighted by Gasteiger charge is 2.21. The van der Waals surface area contributed by atoms with Gasteiger partial charge in [0, 0.05) is 50.2 Å². The molecule has 3 amide bonds. The number of benzene rings is 2. The van der Waals surface area contributed by atoms with E-state index in [4.69, 9.17) is 4.74 Å². The van der Waals surface area contributed by atoms with E-state index in [1.54, 1.807) is 0 Å². The largest absolute Gasteiger partial charge is 0.494 e. The van der Waals surface area contributed by atoms with Crippen molar-refractivity contribution >= 4 is 29.0 Å². The van der Waals surface area contributed by atoms with E-state index in [0.717, 1.165) is 35.9 Å². The molecule has 148 valence electrons. The van der Waals surface area contributed by atoms with Crippen molar-refractivity contribution in [2.45, 2.75) is 13.8 Å². The van der Waals surface area contributed by atoms with Gasteiger partial charge in [-0.05, 0) is 49.4 Å². The van der Waals surface area contributed by atoms with Crippen LogP contribution in [0.4, 0.5) is 21.9 Å². The lowest BCUT2D eigenvalue weighted by Crippen LogP contribution is -2.50. The molecule has 2 aromatic rings. The van der Waals surface area contributed by atoms with Crippen molar-refractivity contribution < 1.29 is 14.3 Å². The number of amides is 3. The number of urea groups is 1. The van der Waals surface area contributed by atoms with Gasteiger partial charge in [0.25, 0.3) is 0 Å². The molecule has 1 fully saturated rings. The molecule has 2 aromatic carbocycles. The molecule has 0 saturated carbocycles. The van der Waals surface area contributed by atoms with Crippen LogP contribution in [0.15, 0.2) is 48.5 Å². The van der Waals surface area contributed by atoms with Gasteiger partial charge in [-0.3, -0.25) is 4.79 Å². The van der Waals surface area contributed by atoms with Crippen molar-refractivity contribution in [3.05, 3.63) is 48.5 Å². The van der Waals surface area contributed by atoms with Crippen molar-refractivity contribution in [3.63, 3.8) is 0 Å². The summed E-state index contributed by atoms with van der Waals surface area (Å²) >= 11 is 0. The van der Waals surface area contributed by atoms with Gasteiger partial charge in [-0.2, -0.15) is 0 Å². The molecule has 0 radical (unpaired) electrons. The number of rotatable bonds is 5. The van der Waals surface area contributed by atoms with Gasteiger partial charge in [-0.25, -0.2) is 4.79 Å². The van der Waals surface area contributed by atoms with Crippen LogP contribution < -0.4 is 20.3 Å². The number of ether oxygens (including phenoxy) is 1. The zero-order chi connectivity index (χ0) is 19.9. The second kappa shape index (κ2) is 9.12. The van der Waals surface area contributed by atoms with E-state index >= 15 is 0 Å². The Morgan fingerprint density at radius 3 is 2.32 bits per heavy atom. The number of carbonyl (C=O) groups is 2. The molecule has 1 aliphatic rings. The first-order valence-electron chi connectivity index (χ1n) is 9.46. The molecule has 0 atom stereocenters. The molecule has 7 nitrogen and oxygen atoms in total. The average Bonchev–Trinajstić information content (AvgIpc) is 2.69. The van der Waals surface area contributed by atoms with Crippen LogP contribution in [0.1, 0.15) is 13.8 Å². The van der Waals surface area contributed by atoms with Crippen molar-refractivity contribution in [2.75, 3.05) is 48.3 Å². The summed E-state index contributed by atoms with van der Waals surface area (Å²) in [6, 6.07) is 15.0. The Labute approximate surface area is 165 Å². The lowest BCUT2D eigenvalue weighted by atomic mass is 10.2. The van der Waals surface area contributed by atoms with Crippen molar-refractivity contribution in [1.82, 2.24) is 4.90 Å². The fourth-order valence-electron chi connectivity index (χ4n) is 3.16. The van der Waals surface area contributed by atoms with Crippen LogP contribution in [0.2, 0.25) is 0 Å².